The maximum absolute atomic E-state index is 5.90. The van der Waals surface area contributed by atoms with Crippen LogP contribution in [0.1, 0.15) is 27.2 Å². The zero-order chi connectivity index (χ0) is 12.3. The van der Waals surface area contributed by atoms with Gasteiger partial charge in [-0.05, 0) is 23.3 Å². The maximum atomic E-state index is 5.90. The molecule has 0 unspecified atom stereocenters. The van der Waals surface area contributed by atoms with Gasteiger partial charge in [-0.3, -0.25) is 0 Å². The summed E-state index contributed by atoms with van der Waals surface area (Å²) in [4.78, 5) is 0. The number of hydrogen-bond acceptors (Lipinski definition) is 1. The monoisotopic (exact) mass is 228 g/mol. The molecule has 90 valence electrons. The van der Waals surface area contributed by atoms with E-state index in [-0.39, 0.29) is 0 Å². The van der Waals surface area contributed by atoms with Crippen molar-refractivity contribution < 1.29 is 4.74 Å². The fraction of sp³-hybridized carbons (Fsp3) is 0.375. The summed E-state index contributed by atoms with van der Waals surface area (Å²) >= 11 is 0. The normalized spacial score (nSPS) is 11.7. The summed E-state index contributed by atoms with van der Waals surface area (Å²) in [6, 6.07) is 14.6. The Morgan fingerprint density at radius 1 is 0.941 bits per heavy atom. The van der Waals surface area contributed by atoms with E-state index in [9.17, 15) is 0 Å². The van der Waals surface area contributed by atoms with Crippen LogP contribution in [0.3, 0.4) is 0 Å². The van der Waals surface area contributed by atoms with Gasteiger partial charge in [-0.1, -0.05) is 57.2 Å². The molecule has 17 heavy (non-hydrogen) atoms. The van der Waals surface area contributed by atoms with E-state index in [1.54, 1.807) is 0 Å². The Bertz CT molecular complexity index is 489. The molecular weight excluding hydrogens is 208 g/mol. The Kier molecular flexibility index (Phi) is 3.37. The van der Waals surface area contributed by atoms with E-state index in [1.165, 1.54) is 10.8 Å². The van der Waals surface area contributed by atoms with Gasteiger partial charge in [0, 0.05) is 5.39 Å². The highest BCUT2D eigenvalue weighted by Gasteiger charge is 2.10. The molecule has 0 aliphatic rings. The van der Waals surface area contributed by atoms with Gasteiger partial charge in [-0.2, -0.15) is 0 Å². The van der Waals surface area contributed by atoms with Crippen LogP contribution in [0.5, 0.6) is 5.75 Å². The molecule has 0 aromatic heterocycles. The Morgan fingerprint density at radius 2 is 1.65 bits per heavy atom. The van der Waals surface area contributed by atoms with Gasteiger partial charge in [0.25, 0.3) is 0 Å². The van der Waals surface area contributed by atoms with Crippen molar-refractivity contribution in [2.45, 2.75) is 27.2 Å². The molecule has 0 aliphatic carbocycles. The SMILES string of the molecule is CC(C)(C)CCOc1cccc2ccccc12. The van der Waals surface area contributed by atoms with Crippen LogP contribution in [0, 0.1) is 5.41 Å². The van der Waals surface area contributed by atoms with Crippen LogP contribution in [-0.4, -0.2) is 6.61 Å². The zero-order valence-electron chi connectivity index (χ0n) is 10.9. The third-order valence-corrected chi connectivity index (χ3v) is 2.86. The molecular formula is C16H20O. The molecule has 0 bridgehead atoms. The van der Waals surface area contributed by atoms with Crippen LogP contribution >= 0.6 is 0 Å². The van der Waals surface area contributed by atoms with E-state index < -0.39 is 0 Å². The van der Waals surface area contributed by atoms with Crippen molar-refractivity contribution in [3.8, 4) is 5.75 Å². The van der Waals surface area contributed by atoms with E-state index in [2.05, 4.69) is 57.2 Å². The van der Waals surface area contributed by atoms with Crippen molar-refractivity contribution in [1.82, 2.24) is 0 Å². The van der Waals surface area contributed by atoms with E-state index in [4.69, 9.17) is 4.74 Å². The van der Waals surface area contributed by atoms with Crippen LogP contribution < -0.4 is 4.74 Å². The highest BCUT2D eigenvalue weighted by atomic mass is 16.5. The minimum absolute atomic E-state index is 0.324. The van der Waals surface area contributed by atoms with Crippen LogP contribution in [-0.2, 0) is 0 Å². The molecule has 0 spiro atoms. The predicted octanol–water partition coefficient (Wildman–Crippen LogP) is 4.65. The molecule has 0 atom stereocenters. The third kappa shape index (κ3) is 3.23. The Morgan fingerprint density at radius 3 is 2.41 bits per heavy atom. The fourth-order valence-electron chi connectivity index (χ4n) is 1.79. The van der Waals surface area contributed by atoms with E-state index in [1.807, 2.05) is 6.07 Å². The average Bonchev–Trinajstić information content (AvgIpc) is 2.28. The first-order valence-corrected chi connectivity index (χ1v) is 6.17. The summed E-state index contributed by atoms with van der Waals surface area (Å²) in [5.41, 5.74) is 0.324. The average molecular weight is 228 g/mol. The standard InChI is InChI=1S/C16H20O/c1-16(2,3)11-12-17-15-10-6-8-13-7-4-5-9-14(13)15/h4-10H,11-12H2,1-3H3. The molecule has 0 radical (unpaired) electrons. The first-order valence-electron chi connectivity index (χ1n) is 6.17. The van der Waals surface area contributed by atoms with Crippen molar-refractivity contribution >= 4 is 10.8 Å². The second-order valence-electron chi connectivity index (χ2n) is 5.64. The summed E-state index contributed by atoms with van der Waals surface area (Å²) < 4.78 is 5.90. The molecule has 2 aromatic carbocycles. The first-order chi connectivity index (χ1) is 8.06. The van der Waals surface area contributed by atoms with Gasteiger partial charge in [0.2, 0.25) is 0 Å². The maximum Gasteiger partial charge on any atom is 0.127 e. The Hall–Kier alpha value is -1.50. The number of hydrogen-bond donors (Lipinski definition) is 0. The lowest BCUT2D eigenvalue weighted by molar-refractivity contribution is 0.245. The van der Waals surface area contributed by atoms with Crippen LogP contribution in [0.2, 0.25) is 0 Å². The molecule has 0 fully saturated rings. The lowest BCUT2D eigenvalue weighted by atomic mass is 9.93. The molecule has 0 saturated heterocycles. The van der Waals surface area contributed by atoms with Gasteiger partial charge in [-0.15, -0.1) is 0 Å². The lowest BCUT2D eigenvalue weighted by Gasteiger charge is -2.18. The van der Waals surface area contributed by atoms with Crippen molar-refractivity contribution in [3.05, 3.63) is 42.5 Å². The zero-order valence-corrected chi connectivity index (χ0v) is 10.9. The summed E-state index contributed by atoms with van der Waals surface area (Å²) in [6.45, 7) is 7.48. The summed E-state index contributed by atoms with van der Waals surface area (Å²) in [5.74, 6) is 0.993. The minimum Gasteiger partial charge on any atom is -0.493 e. The van der Waals surface area contributed by atoms with Gasteiger partial charge in [0.15, 0.2) is 0 Å². The second kappa shape index (κ2) is 4.79. The van der Waals surface area contributed by atoms with Crippen molar-refractivity contribution in [1.29, 1.82) is 0 Å². The number of ether oxygens (including phenoxy) is 1. The molecule has 1 nitrogen and oxygen atoms in total. The van der Waals surface area contributed by atoms with E-state index in [0.29, 0.717) is 5.41 Å². The molecule has 0 saturated carbocycles. The molecule has 2 rings (SSSR count). The minimum atomic E-state index is 0.324. The van der Waals surface area contributed by atoms with Crippen molar-refractivity contribution in [2.24, 2.45) is 5.41 Å². The van der Waals surface area contributed by atoms with Crippen LogP contribution in [0.4, 0.5) is 0 Å². The summed E-state index contributed by atoms with van der Waals surface area (Å²) in [5, 5.41) is 2.43. The topological polar surface area (TPSA) is 9.23 Å². The van der Waals surface area contributed by atoms with Gasteiger partial charge < -0.3 is 4.74 Å². The molecule has 0 N–H and O–H groups in total. The Labute approximate surface area is 103 Å². The fourth-order valence-corrected chi connectivity index (χ4v) is 1.79. The summed E-state index contributed by atoms with van der Waals surface area (Å²) in [7, 11) is 0. The molecule has 0 heterocycles. The molecule has 0 amide bonds. The smallest absolute Gasteiger partial charge is 0.127 e. The van der Waals surface area contributed by atoms with E-state index in [0.717, 1.165) is 18.8 Å². The molecule has 1 heteroatoms. The van der Waals surface area contributed by atoms with E-state index >= 15 is 0 Å². The largest absolute Gasteiger partial charge is 0.493 e. The van der Waals surface area contributed by atoms with Crippen LogP contribution in [0.15, 0.2) is 42.5 Å². The third-order valence-electron chi connectivity index (χ3n) is 2.86. The van der Waals surface area contributed by atoms with Crippen LogP contribution in [0.25, 0.3) is 10.8 Å². The van der Waals surface area contributed by atoms with Gasteiger partial charge in [-0.25, -0.2) is 0 Å². The molecule has 2 aromatic rings. The highest BCUT2D eigenvalue weighted by molar-refractivity contribution is 5.88. The van der Waals surface area contributed by atoms with Crippen molar-refractivity contribution in [2.75, 3.05) is 6.61 Å². The highest BCUT2D eigenvalue weighted by Crippen LogP contribution is 2.26. The predicted molar refractivity (Wildman–Crippen MR) is 73.5 cm³/mol. The van der Waals surface area contributed by atoms with Gasteiger partial charge in [0.05, 0.1) is 6.61 Å². The number of fused-ring (bicyclic) bond motifs is 1. The second-order valence-corrected chi connectivity index (χ2v) is 5.64. The first kappa shape index (κ1) is 12.0. The van der Waals surface area contributed by atoms with Crippen molar-refractivity contribution in [3.63, 3.8) is 0 Å². The number of benzene rings is 2. The van der Waals surface area contributed by atoms with Gasteiger partial charge >= 0.3 is 0 Å². The molecule has 0 aliphatic heterocycles. The summed E-state index contributed by atoms with van der Waals surface area (Å²) in [6.07, 6.45) is 1.07. The Balaban J connectivity index is 2.13. The lowest BCUT2D eigenvalue weighted by Crippen LogP contribution is -2.11. The quantitative estimate of drug-likeness (QED) is 0.742. The van der Waals surface area contributed by atoms with Gasteiger partial charge in [0.1, 0.15) is 5.75 Å². The number of rotatable bonds is 3.